The average Bonchev–Trinajstić information content (AvgIpc) is 2.93. The molecule has 1 aliphatic heterocycles. The molecule has 118 valence electrons. The third-order valence-corrected chi connectivity index (χ3v) is 3.92. The Labute approximate surface area is 122 Å². The van der Waals surface area contributed by atoms with Crippen molar-refractivity contribution >= 4 is 5.91 Å². The van der Waals surface area contributed by atoms with Crippen molar-refractivity contribution in [1.82, 2.24) is 9.47 Å². The quantitative estimate of drug-likeness (QED) is 0.892. The molecule has 2 atom stereocenters. The van der Waals surface area contributed by atoms with Gasteiger partial charge >= 0.3 is 0 Å². The highest BCUT2D eigenvalue weighted by Crippen LogP contribution is 2.22. The minimum Gasteiger partial charge on any atom is -0.381 e. The van der Waals surface area contributed by atoms with E-state index in [1.807, 2.05) is 0 Å². The predicted octanol–water partition coefficient (Wildman–Crippen LogP) is 1.33. The molecule has 7 heteroatoms. The number of methoxy groups -OCH3 is 1. The van der Waals surface area contributed by atoms with Crippen LogP contribution in [0.5, 0.6) is 0 Å². The molecule has 1 saturated heterocycles. The van der Waals surface area contributed by atoms with Gasteiger partial charge in [0.05, 0.1) is 12.6 Å². The minimum absolute atomic E-state index is 0.0930. The number of hydrogen-bond donors (Lipinski definition) is 1. The van der Waals surface area contributed by atoms with Crippen molar-refractivity contribution in [3.05, 3.63) is 24.0 Å². The zero-order valence-corrected chi connectivity index (χ0v) is 12.0. The number of halogens is 2. The summed E-state index contributed by atoms with van der Waals surface area (Å²) in [6, 6.07) is 3.06. The van der Waals surface area contributed by atoms with Gasteiger partial charge in [0.25, 0.3) is 12.3 Å². The maximum atomic E-state index is 12.6. The Morgan fingerprint density at radius 2 is 2.33 bits per heavy atom. The largest absolute Gasteiger partial charge is 0.381 e. The molecule has 0 spiro atoms. The number of carbonyl (C=O) groups excluding carboxylic acids is 1. The fraction of sp³-hybridized carbons (Fsp3) is 0.643. The van der Waals surface area contributed by atoms with Crippen molar-refractivity contribution in [2.24, 2.45) is 5.73 Å². The molecule has 0 bridgehead atoms. The summed E-state index contributed by atoms with van der Waals surface area (Å²) in [6.45, 7) is 0.385. The lowest BCUT2D eigenvalue weighted by molar-refractivity contribution is 0.0132. The van der Waals surface area contributed by atoms with Gasteiger partial charge in [-0.25, -0.2) is 8.78 Å². The van der Waals surface area contributed by atoms with Crippen LogP contribution < -0.4 is 5.73 Å². The van der Waals surface area contributed by atoms with Gasteiger partial charge in [-0.05, 0) is 25.0 Å². The van der Waals surface area contributed by atoms with Gasteiger partial charge in [0.2, 0.25) is 0 Å². The molecule has 0 aromatic carbocycles. The van der Waals surface area contributed by atoms with Crippen LogP contribution in [0.3, 0.4) is 0 Å². The summed E-state index contributed by atoms with van der Waals surface area (Å²) in [5.74, 6) is -0.245. The molecule has 1 aromatic heterocycles. The molecule has 0 radical (unpaired) electrons. The molecule has 2 rings (SSSR count). The van der Waals surface area contributed by atoms with Crippen LogP contribution >= 0.6 is 0 Å². The second-order valence-electron chi connectivity index (χ2n) is 5.21. The van der Waals surface area contributed by atoms with Crippen molar-refractivity contribution in [2.75, 3.05) is 20.2 Å². The van der Waals surface area contributed by atoms with Crippen LogP contribution in [-0.4, -0.2) is 54.1 Å². The Morgan fingerprint density at radius 3 is 2.95 bits per heavy atom. The van der Waals surface area contributed by atoms with Crippen LogP contribution in [0.25, 0.3) is 0 Å². The van der Waals surface area contributed by atoms with E-state index in [-0.39, 0.29) is 23.7 Å². The standard InChI is InChI=1S/C14H21F2N3O2/c1-21-11-4-6-19(10(7-11)8-17)14(20)12-3-2-5-18(12)9-13(15)16/h2-3,5,10-11,13H,4,6-9,17H2,1H3. The van der Waals surface area contributed by atoms with Crippen molar-refractivity contribution in [3.63, 3.8) is 0 Å². The summed E-state index contributed by atoms with van der Waals surface area (Å²) in [5, 5.41) is 0. The predicted molar refractivity (Wildman–Crippen MR) is 74.3 cm³/mol. The summed E-state index contributed by atoms with van der Waals surface area (Å²) < 4.78 is 31.7. The summed E-state index contributed by atoms with van der Waals surface area (Å²) in [4.78, 5) is 14.3. The third kappa shape index (κ3) is 3.59. The molecular formula is C14H21F2N3O2. The number of alkyl halides is 2. The van der Waals surface area contributed by atoms with E-state index in [1.165, 1.54) is 10.8 Å². The maximum absolute atomic E-state index is 12.6. The van der Waals surface area contributed by atoms with Gasteiger partial charge in [0.15, 0.2) is 0 Å². The number of ether oxygens (including phenoxy) is 1. The summed E-state index contributed by atoms with van der Waals surface area (Å²) in [5.41, 5.74) is 6.03. The van der Waals surface area contributed by atoms with E-state index >= 15 is 0 Å². The lowest BCUT2D eigenvalue weighted by atomic mass is 9.99. The van der Waals surface area contributed by atoms with Crippen LogP contribution in [0.2, 0.25) is 0 Å². The monoisotopic (exact) mass is 301 g/mol. The van der Waals surface area contributed by atoms with E-state index in [2.05, 4.69) is 0 Å². The molecule has 1 fully saturated rings. The number of carbonyl (C=O) groups is 1. The van der Waals surface area contributed by atoms with E-state index < -0.39 is 13.0 Å². The first-order valence-corrected chi connectivity index (χ1v) is 7.04. The molecule has 2 heterocycles. The summed E-state index contributed by atoms with van der Waals surface area (Å²) >= 11 is 0. The van der Waals surface area contributed by atoms with E-state index in [0.717, 1.165) is 6.42 Å². The van der Waals surface area contributed by atoms with Crippen LogP contribution in [-0.2, 0) is 11.3 Å². The third-order valence-electron chi connectivity index (χ3n) is 3.92. The number of aromatic nitrogens is 1. The van der Waals surface area contributed by atoms with Gasteiger partial charge in [0.1, 0.15) is 5.69 Å². The highest BCUT2D eigenvalue weighted by atomic mass is 19.3. The molecule has 2 N–H and O–H groups in total. The molecule has 0 aliphatic carbocycles. The topological polar surface area (TPSA) is 60.5 Å². The fourth-order valence-electron chi connectivity index (χ4n) is 2.78. The maximum Gasteiger partial charge on any atom is 0.270 e. The molecule has 2 unspecified atom stereocenters. The SMILES string of the molecule is COC1CCN(C(=O)c2cccn2CC(F)F)C(CN)C1. The number of amides is 1. The van der Waals surface area contributed by atoms with E-state index in [9.17, 15) is 13.6 Å². The van der Waals surface area contributed by atoms with Gasteiger partial charge < -0.3 is 19.9 Å². The number of nitrogens with two attached hydrogens (primary N) is 1. The first-order valence-electron chi connectivity index (χ1n) is 7.04. The number of likely N-dealkylation sites (tertiary alicyclic amines) is 1. The summed E-state index contributed by atoms with van der Waals surface area (Å²) in [6.07, 6.45) is 0.505. The van der Waals surface area contributed by atoms with Crippen LogP contribution in [0.1, 0.15) is 23.3 Å². The van der Waals surface area contributed by atoms with Gasteiger partial charge in [-0.3, -0.25) is 4.79 Å². The average molecular weight is 301 g/mol. The number of rotatable bonds is 5. The Bertz CT molecular complexity index is 479. The minimum atomic E-state index is -2.49. The Hall–Kier alpha value is -1.47. The van der Waals surface area contributed by atoms with Gasteiger partial charge in [-0.2, -0.15) is 0 Å². The van der Waals surface area contributed by atoms with Crippen molar-refractivity contribution in [3.8, 4) is 0 Å². The second-order valence-corrected chi connectivity index (χ2v) is 5.21. The van der Waals surface area contributed by atoms with Crippen LogP contribution in [0, 0.1) is 0 Å². The molecule has 1 amide bonds. The van der Waals surface area contributed by atoms with Gasteiger partial charge in [-0.15, -0.1) is 0 Å². The number of hydrogen-bond acceptors (Lipinski definition) is 3. The first kappa shape index (κ1) is 15.9. The zero-order chi connectivity index (χ0) is 15.4. The number of piperidine rings is 1. The highest BCUT2D eigenvalue weighted by molar-refractivity contribution is 5.93. The van der Waals surface area contributed by atoms with E-state index in [4.69, 9.17) is 10.5 Å². The first-order chi connectivity index (χ1) is 10.1. The van der Waals surface area contributed by atoms with Gasteiger partial charge in [-0.1, -0.05) is 0 Å². The van der Waals surface area contributed by atoms with E-state index in [0.29, 0.717) is 19.5 Å². The van der Waals surface area contributed by atoms with Crippen LogP contribution in [0.15, 0.2) is 18.3 Å². The molecule has 1 aliphatic rings. The van der Waals surface area contributed by atoms with E-state index in [1.54, 1.807) is 24.1 Å². The second kappa shape index (κ2) is 7.00. The van der Waals surface area contributed by atoms with Crippen LogP contribution in [0.4, 0.5) is 8.78 Å². The molecule has 0 saturated carbocycles. The Balaban J connectivity index is 2.14. The van der Waals surface area contributed by atoms with Crippen molar-refractivity contribution in [1.29, 1.82) is 0 Å². The van der Waals surface area contributed by atoms with Crippen molar-refractivity contribution < 1.29 is 18.3 Å². The fourth-order valence-corrected chi connectivity index (χ4v) is 2.78. The highest BCUT2D eigenvalue weighted by Gasteiger charge is 2.32. The Kier molecular flexibility index (Phi) is 5.30. The Morgan fingerprint density at radius 1 is 1.57 bits per heavy atom. The molecule has 5 nitrogen and oxygen atoms in total. The molecular weight excluding hydrogens is 280 g/mol. The lowest BCUT2D eigenvalue weighted by Crippen LogP contribution is -2.51. The zero-order valence-electron chi connectivity index (χ0n) is 12.0. The summed E-state index contributed by atoms with van der Waals surface area (Å²) in [7, 11) is 1.64. The number of nitrogens with zero attached hydrogens (tertiary/aromatic N) is 2. The normalized spacial score (nSPS) is 22.8. The van der Waals surface area contributed by atoms with Crippen molar-refractivity contribution in [2.45, 2.75) is 38.0 Å². The molecule has 1 aromatic rings. The molecule has 21 heavy (non-hydrogen) atoms. The van der Waals surface area contributed by atoms with Gasteiger partial charge in [0, 0.05) is 32.4 Å². The smallest absolute Gasteiger partial charge is 0.270 e. The lowest BCUT2D eigenvalue weighted by Gasteiger charge is -2.38.